The number of benzene rings is 5. The van der Waals surface area contributed by atoms with E-state index in [1.165, 1.54) is 16.7 Å². The molecule has 1 heterocycles. The van der Waals surface area contributed by atoms with Crippen molar-refractivity contribution in [2.24, 2.45) is 0 Å². The van der Waals surface area contributed by atoms with Crippen molar-refractivity contribution in [3.05, 3.63) is 120 Å². The zero-order valence-corrected chi connectivity index (χ0v) is 18.0. The van der Waals surface area contributed by atoms with Gasteiger partial charge < -0.3 is 4.42 Å². The highest BCUT2D eigenvalue weighted by Crippen LogP contribution is 2.42. The summed E-state index contributed by atoms with van der Waals surface area (Å²) in [7, 11) is 0. The molecule has 2 heteroatoms. The average Bonchev–Trinajstić information content (AvgIpc) is 3.22. The minimum atomic E-state index is 0.674. The summed E-state index contributed by atoms with van der Waals surface area (Å²) in [6.07, 6.45) is 0. The first kappa shape index (κ1) is 18.9. The van der Waals surface area contributed by atoms with E-state index in [2.05, 4.69) is 84.9 Å². The summed E-state index contributed by atoms with van der Waals surface area (Å²) in [6.45, 7) is 0. The Kier molecular flexibility index (Phi) is 4.56. The second-order valence-corrected chi connectivity index (χ2v) is 8.35. The van der Waals surface area contributed by atoms with Crippen LogP contribution in [0.2, 0.25) is 5.02 Å². The average molecular weight is 431 g/mol. The fraction of sp³-hybridized carbons (Fsp3) is 0. The Morgan fingerprint density at radius 2 is 1.06 bits per heavy atom. The fourth-order valence-corrected chi connectivity index (χ4v) is 4.65. The van der Waals surface area contributed by atoms with Gasteiger partial charge in [-0.2, -0.15) is 0 Å². The van der Waals surface area contributed by atoms with E-state index in [-0.39, 0.29) is 0 Å². The lowest BCUT2D eigenvalue weighted by atomic mass is 9.90. The van der Waals surface area contributed by atoms with Crippen LogP contribution < -0.4 is 0 Å². The van der Waals surface area contributed by atoms with Gasteiger partial charge in [0.15, 0.2) is 0 Å². The van der Waals surface area contributed by atoms with Crippen molar-refractivity contribution in [2.75, 3.05) is 0 Å². The molecule has 0 atom stereocenters. The molecule has 6 aromatic rings. The molecular weight excluding hydrogens is 412 g/mol. The molecule has 1 nitrogen and oxygen atoms in total. The third-order valence-electron chi connectivity index (χ3n) is 5.94. The normalized spacial score (nSPS) is 11.3. The van der Waals surface area contributed by atoms with Crippen LogP contribution in [0.25, 0.3) is 55.3 Å². The maximum atomic E-state index is 6.32. The highest BCUT2D eigenvalue weighted by atomic mass is 35.5. The van der Waals surface area contributed by atoms with Crippen molar-refractivity contribution in [3.63, 3.8) is 0 Å². The molecule has 32 heavy (non-hydrogen) atoms. The first-order chi connectivity index (χ1) is 15.8. The van der Waals surface area contributed by atoms with Gasteiger partial charge in [-0.15, -0.1) is 0 Å². The van der Waals surface area contributed by atoms with Crippen molar-refractivity contribution in [2.45, 2.75) is 0 Å². The lowest BCUT2D eigenvalue weighted by molar-refractivity contribution is 0.669. The van der Waals surface area contributed by atoms with Crippen molar-refractivity contribution in [1.29, 1.82) is 0 Å². The third kappa shape index (κ3) is 3.19. The van der Waals surface area contributed by atoms with Crippen molar-refractivity contribution >= 4 is 33.5 Å². The van der Waals surface area contributed by atoms with Crippen LogP contribution in [0.5, 0.6) is 0 Å². The maximum Gasteiger partial charge on any atom is 0.136 e. The number of hydrogen-bond acceptors (Lipinski definition) is 1. The van der Waals surface area contributed by atoms with Crippen LogP contribution in [0.3, 0.4) is 0 Å². The van der Waals surface area contributed by atoms with Gasteiger partial charge in [0.25, 0.3) is 0 Å². The second-order valence-electron chi connectivity index (χ2n) is 7.92. The number of rotatable bonds is 3. The quantitative estimate of drug-likeness (QED) is 0.272. The summed E-state index contributed by atoms with van der Waals surface area (Å²) in [6, 6.07) is 39.8. The van der Waals surface area contributed by atoms with Crippen LogP contribution >= 0.6 is 11.6 Å². The van der Waals surface area contributed by atoms with Crippen LogP contribution in [-0.4, -0.2) is 0 Å². The molecule has 0 aliphatic rings. The molecule has 0 bridgehead atoms. The largest absolute Gasteiger partial charge is 0.456 e. The summed E-state index contributed by atoms with van der Waals surface area (Å²) in [5.41, 5.74) is 8.68. The third-order valence-corrected chi connectivity index (χ3v) is 6.18. The molecule has 0 fully saturated rings. The van der Waals surface area contributed by atoms with Crippen LogP contribution in [-0.2, 0) is 0 Å². The van der Waals surface area contributed by atoms with E-state index < -0.39 is 0 Å². The minimum Gasteiger partial charge on any atom is -0.456 e. The topological polar surface area (TPSA) is 13.1 Å². The van der Waals surface area contributed by atoms with Gasteiger partial charge >= 0.3 is 0 Å². The van der Waals surface area contributed by atoms with Crippen molar-refractivity contribution in [1.82, 2.24) is 0 Å². The molecule has 0 radical (unpaired) electrons. The van der Waals surface area contributed by atoms with Crippen molar-refractivity contribution < 1.29 is 4.42 Å². The van der Waals surface area contributed by atoms with E-state index in [1.807, 2.05) is 30.3 Å². The lowest BCUT2D eigenvalue weighted by Crippen LogP contribution is -1.87. The van der Waals surface area contributed by atoms with Gasteiger partial charge in [-0.25, -0.2) is 0 Å². The van der Waals surface area contributed by atoms with E-state index in [0.717, 1.165) is 38.6 Å². The van der Waals surface area contributed by atoms with E-state index in [4.69, 9.17) is 16.0 Å². The van der Waals surface area contributed by atoms with Gasteiger partial charge in [0.1, 0.15) is 11.2 Å². The Balaban J connectivity index is 1.68. The van der Waals surface area contributed by atoms with Gasteiger partial charge in [-0.05, 0) is 57.6 Å². The number of halogens is 1. The van der Waals surface area contributed by atoms with E-state index >= 15 is 0 Å². The molecule has 0 aliphatic carbocycles. The maximum absolute atomic E-state index is 6.32. The minimum absolute atomic E-state index is 0.674. The molecule has 0 N–H and O–H groups in total. The SMILES string of the molecule is Clc1ccc2c(c1)oc1cc(-c3ccccc3-c3ccccc3)cc(-c3ccccc3)c12. The predicted molar refractivity (Wildman–Crippen MR) is 135 cm³/mol. The zero-order chi connectivity index (χ0) is 21.5. The molecule has 0 saturated heterocycles. The summed E-state index contributed by atoms with van der Waals surface area (Å²) in [5.74, 6) is 0. The number of fused-ring (bicyclic) bond motifs is 3. The van der Waals surface area contributed by atoms with Crippen LogP contribution in [0, 0.1) is 0 Å². The molecule has 0 amide bonds. The first-order valence-corrected chi connectivity index (χ1v) is 11.0. The Morgan fingerprint density at radius 3 is 1.75 bits per heavy atom. The Labute approximate surface area is 191 Å². The zero-order valence-electron chi connectivity index (χ0n) is 17.3. The first-order valence-electron chi connectivity index (χ1n) is 10.6. The van der Waals surface area contributed by atoms with Gasteiger partial charge in [0.05, 0.1) is 0 Å². The van der Waals surface area contributed by atoms with E-state index in [9.17, 15) is 0 Å². The standard InChI is InChI=1S/C30H19ClO/c31-23-15-16-26-28(19-23)32-29-18-22(17-27(30(26)29)21-11-5-2-6-12-21)25-14-8-7-13-24(25)20-9-3-1-4-10-20/h1-19H. The van der Waals surface area contributed by atoms with Crippen LogP contribution in [0.15, 0.2) is 120 Å². The highest BCUT2D eigenvalue weighted by molar-refractivity contribution is 6.31. The predicted octanol–water partition coefficient (Wildman–Crippen LogP) is 9.24. The molecule has 0 spiro atoms. The van der Waals surface area contributed by atoms with Gasteiger partial charge in [0, 0.05) is 21.9 Å². The Bertz CT molecular complexity index is 1560. The summed E-state index contributed by atoms with van der Waals surface area (Å²) in [4.78, 5) is 0. The van der Waals surface area contributed by atoms with Gasteiger partial charge in [-0.1, -0.05) is 96.5 Å². The van der Waals surface area contributed by atoms with Crippen LogP contribution in [0.1, 0.15) is 0 Å². The highest BCUT2D eigenvalue weighted by Gasteiger charge is 2.17. The summed E-state index contributed by atoms with van der Waals surface area (Å²) < 4.78 is 6.32. The fourth-order valence-electron chi connectivity index (χ4n) is 4.48. The van der Waals surface area contributed by atoms with Crippen molar-refractivity contribution in [3.8, 4) is 33.4 Å². The van der Waals surface area contributed by atoms with Gasteiger partial charge in [-0.3, -0.25) is 0 Å². The molecule has 0 saturated carbocycles. The molecule has 0 unspecified atom stereocenters. The molecule has 6 rings (SSSR count). The van der Waals surface area contributed by atoms with Gasteiger partial charge in [0.2, 0.25) is 0 Å². The molecule has 5 aromatic carbocycles. The smallest absolute Gasteiger partial charge is 0.136 e. The number of furan rings is 1. The molecule has 1 aromatic heterocycles. The molecule has 0 aliphatic heterocycles. The van der Waals surface area contributed by atoms with E-state index in [0.29, 0.717) is 5.02 Å². The second kappa shape index (κ2) is 7.71. The summed E-state index contributed by atoms with van der Waals surface area (Å²) >= 11 is 6.26. The number of hydrogen-bond donors (Lipinski definition) is 0. The molecular formula is C30H19ClO. The van der Waals surface area contributed by atoms with Crippen LogP contribution in [0.4, 0.5) is 0 Å². The summed E-state index contributed by atoms with van der Waals surface area (Å²) in [5, 5.41) is 2.86. The lowest BCUT2D eigenvalue weighted by Gasteiger charge is -2.13. The monoisotopic (exact) mass is 430 g/mol. The molecule has 152 valence electrons. The Hall–Kier alpha value is -3.81. The Morgan fingerprint density at radius 1 is 0.469 bits per heavy atom. The van der Waals surface area contributed by atoms with E-state index in [1.54, 1.807) is 0 Å².